The smallest absolute Gasteiger partial charge is 0.325 e. The summed E-state index contributed by atoms with van der Waals surface area (Å²) >= 11 is 0. The third-order valence-corrected chi connectivity index (χ3v) is 5.44. The number of aryl methyl sites for hydroxylation is 1. The van der Waals surface area contributed by atoms with E-state index in [1.807, 2.05) is 36.6 Å². The van der Waals surface area contributed by atoms with Crippen molar-refractivity contribution in [2.45, 2.75) is 13.8 Å². The average molecular weight is 464 g/mol. The molecule has 0 saturated heterocycles. The number of carbonyl (C=O) groups is 3. The number of amides is 1. The predicted octanol–water partition coefficient (Wildman–Crippen LogP) is 2.99. The Morgan fingerprint density at radius 3 is 2.62 bits per heavy atom. The molecule has 0 saturated carbocycles. The number of carbonyl (C=O) groups excluding carboxylic acids is 3. The zero-order valence-electron chi connectivity index (χ0n) is 19.0. The molecule has 1 amide bonds. The van der Waals surface area contributed by atoms with Crippen molar-refractivity contribution in [3.8, 4) is 22.9 Å². The van der Waals surface area contributed by atoms with Crippen molar-refractivity contribution >= 4 is 17.7 Å². The molecule has 0 bridgehead atoms. The summed E-state index contributed by atoms with van der Waals surface area (Å²) < 4.78 is 22.9. The number of methoxy groups -OCH3 is 1. The highest BCUT2D eigenvalue weighted by atomic mass is 16.7. The summed E-state index contributed by atoms with van der Waals surface area (Å²) in [7, 11) is 1.50. The first-order valence-electron chi connectivity index (χ1n) is 10.6. The fourth-order valence-electron chi connectivity index (χ4n) is 3.76. The fourth-order valence-corrected chi connectivity index (χ4v) is 3.76. The van der Waals surface area contributed by atoms with E-state index in [1.165, 1.54) is 7.11 Å². The molecule has 3 aromatic rings. The van der Waals surface area contributed by atoms with E-state index >= 15 is 0 Å². The maximum Gasteiger partial charge on any atom is 0.325 e. The Hall–Kier alpha value is -4.27. The van der Waals surface area contributed by atoms with E-state index in [4.69, 9.17) is 18.9 Å². The second-order valence-corrected chi connectivity index (χ2v) is 7.66. The molecule has 9 heteroatoms. The first-order valence-corrected chi connectivity index (χ1v) is 10.6. The summed E-state index contributed by atoms with van der Waals surface area (Å²) in [6, 6.07) is 13.8. The second kappa shape index (κ2) is 9.70. The molecule has 2 heterocycles. The average Bonchev–Trinajstić information content (AvgIpc) is 3.43. The van der Waals surface area contributed by atoms with Crippen LogP contribution in [-0.4, -0.2) is 49.3 Å². The molecule has 1 aliphatic heterocycles. The van der Waals surface area contributed by atoms with Crippen molar-refractivity contribution in [2.75, 3.05) is 27.1 Å². The van der Waals surface area contributed by atoms with Gasteiger partial charge >= 0.3 is 5.97 Å². The summed E-state index contributed by atoms with van der Waals surface area (Å²) in [6.45, 7) is 3.09. The highest BCUT2D eigenvalue weighted by Crippen LogP contribution is 2.34. The minimum atomic E-state index is -0.714. The van der Waals surface area contributed by atoms with Crippen LogP contribution in [0.3, 0.4) is 0 Å². The van der Waals surface area contributed by atoms with Gasteiger partial charge in [-0.05, 0) is 50.2 Å². The number of esters is 1. The largest absolute Gasteiger partial charge is 0.497 e. The monoisotopic (exact) mass is 464 g/mol. The van der Waals surface area contributed by atoms with E-state index in [2.05, 4.69) is 5.32 Å². The van der Waals surface area contributed by atoms with E-state index in [9.17, 15) is 14.4 Å². The van der Waals surface area contributed by atoms with Crippen LogP contribution in [0.2, 0.25) is 0 Å². The van der Waals surface area contributed by atoms with Crippen LogP contribution < -0.4 is 19.5 Å². The van der Waals surface area contributed by atoms with Gasteiger partial charge in [0.2, 0.25) is 12.6 Å². The number of benzene rings is 2. The summed E-state index contributed by atoms with van der Waals surface area (Å²) in [5.41, 5.74) is 3.18. The van der Waals surface area contributed by atoms with Crippen LogP contribution in [0.25, 0.3) is 5.69 Å². The van der Waals surface area contributed by atoms with Gasteiger partial charge in [-0.3, -0.25) is 14.4 Å². The molecule has 4 rings (SSSR count). The molecular formula is C25H24N2O7. The number of nitrogens with zero attached hydrogens (tertiary/aromatic N) is 1. The lowest BCUT2D eigenvalue weighted by Crippen LogP contribution is -2.31. The second-order valence-electron chi connectivity index (χ2n) is 7.66. The zero-order chi connectivity index (χ0) is 24.2. The Kier molecular flexibility index (Phi) is 6.53. The summed E-state index contributed by atoms with van der Waals surface area (Å²) in [6.07, 6.45) is 0. The van der Waals surface area contributed by atoms with Crippen LogP contribution in [0.4, 0.5) is 0 Å². The maximum absolute atomic E-state index is 12.7. The quantitative estimate of drug-likeness (QED) is 0.404. The molecule has 2 aromatic carbocycles. The van der Waals surface area contributed by atoms with Crippen molar-refractivity contribution in [1.82, 2.24) is 9.88 Å². The van der Waals surface area contributed by atoms with Crippen molar-refractivity contribution in [3.05, 3.63) is 71.0 Å². The Labute approximate surface area is 196 Å². The van der Waals surface area contributed by atoms with E-state index in [0.29, 0.717) is 34.1 Å². The number of nitrogens with one attached hydrogen (secondary N) is 1. The first kappa shape index (κ1) is 22.9. The zero-order valence-corrected chi connectivity index (χ0v) is 19.0. The molecule has 1 aromatic heterocycles. The fraction of sp³-hybridized carbons (Fsp3) is 0.240. The van der Waals surface area contributed by atoms with Crippen LogP contribution >= 0.6 is 0 Å². The molecule has 1 aliphatic rings. The van der Waals surface area contributed by atoms with Gasteiger partial charge in [0, 0.05) is 34.3 Å². The van der Waals surface area contributed by atoms with Gasteiger partial charge in [-0.1, -0.05) is 6.07 Å². The number of hydrogen-bond donors (Lipinski definition) is 1. The Balaban J connectivity index is 1.35. The minimum Gasteiger partial charge on any atom is -0.497 e. The SMILES string of the molecule is COc1cccc(C(=O)NCC(=O)OCC(=O)c2cc(C)n(-c3ccc4c(c3)OCO4)c2C)c1. The van der Waals surface area contributed by atoms with Crippen molar-refractivity contribution in [1.29, 1.82) is 0 Å². The van der Waals surface area contributed by atoms with E-state index in [-0.39, 0.29) is 19.1 Å². The topological polar surface area (TPSA) is 105 Å². The summed E-state index contributed by atoms with van der Waals surface area (Å²) in [4.78, 5) is 37.0. The molecule has 34 heavy (non-hydrogen) atoms. The highest BCUT2D eigenvalue weighted by Gasteiger charge is 2.20. The first-order chi connectivity index (χ1) is 16.4. The standard InChI is InChI=1S/C25H24N2O7/c1-15-9-20(16(2)27(15)18-7-8-22-23(11-18)34-14-33-22)21(28)13-32-24(29)12-26-25(30)17-5-4-6-19(10-17)31-3/h4-11H,12-14H2,1-3H3,(H,26,30). The van der Waals surface area contributed by atoms with Crippen molar-refractivity contribution in [3.63, 3.8) is 0 Å². The lowest BCUT2D eigenvalue weighted by molar-refractivity contribution is -0.141. The van der Waals surface area contributed by atoms with E-state index < -0.39 is 18.5 Å². The van der Waals surface area contributed by atoms with Gasteiger partial charge in [0.25, 0.3) is 5.91 Å². The minimum absolute atomic E-state index is 0.178. The van der Waals surface area contributed by atoms with Crippen LogP contribution in [0.5, 0.6) is 17.2 Å². The van der Waals surface area contributed by atoms with Crippen molar-refractivity contribution in [2.24, 2.45) is 0 Å². The number of ether oxygens (including phenoxy) is 4. The van der Waals surface area contributed by atoms with Gasteiger partial charge in [-0.2, -0.15) is 0 Å². The van der Waals surface area contributed by atoms with E-state index in [1.54, 1.807) is 30.3 Å². The lowest BCUT2D eigenvalue weighted by atomic mass is 10.1. The number of rotatable bonds is 8. The van der Waals surface area contributed by atoms with Gasteiger partial charge in [0.1, 0.15) is 12.3 Å². The van der Waals surface area contributed by atoms with Crippen LogP contribution in [0.1, 0.15) is 32.1 Å². The molecule has 0 radical (unpaired) electrons. The third-order valence-electron chi connectivity index (χ3n) is 5.44. The van der Waals surface area contributed by atoms with Crippen LogP contribution in [-0.2, 0) is 9.53 Å². The molecule has 0 spiro atoms. The molecular weight excluding hydrogens is 440 g/mol. The van der Waals surface area contributed by atoms with Gasteiger partial charge in [0.15, 0.2) is 18.1 Å². The van der Waals surface area contributed by atoms with Gasteiger partial charge in [-0.15, -0.1) is 0 Å². The number of hydrogen-bond acceptors (Lipinski definition) is 7. The molecule has 0 unspecified atom stereocenters. The molecule has 9 nitrogen and oxygen atoms in total. The van der Waals surface area contributed by atoms with Crippen LogP contribution in [0, 0.1) is 13.8 Å². The van der Waals surface area contributed by atoms with E-state index in [0.717, 1.165) is 11.4 Å². The maximum atomic E-state index is 12.7. The Bertz CT molecular complexity index is 1260. The number of ketones is 1. The van der Waals surface area contributed by atoms with Crippen molar-refractivity contribution < 1.29 is 33.3 Å². The third kappa shape index (κ3) is 4.73. The molecule has 176 valence electrons. The number of fused-ring (bicyclic) bond motifs is 1. The highest BCUT2D eigenvalue weighted by molar-refractivity contribution is 6.00. The normalized spacial score (nSPS) is 11.7. The predicted molar refractivity (Wildman–Crippen MR) is 122 cm³/mol. The Morgan fingerprint density at radius 1 is 1.03 bits per heavy atom. The summed E-state index contributed by atoms with van der Waals surface area (Å²) in [5, 5.41) is 2.47. The molecule has 0 aliphatic carbocycles. The van der Waals surface area contributed by atoms with Gasteiger partial charge in [0.05, 0.1) is 7.11 Å². The lowest BCUT2D eigenvalue weighted by Gasteiger charge is -2.11. The molecule has 1 N–H and O–H groups in total. The molecule has 0 fully saturated rings. The number of aromatic nitrogens is 1. The van der Waals surface area contributed by atoms with Gasteiger partial charge < -0.3 is 28.8 Å². The summed E-state index contributed by atoms with van der Waals surface area (Å²) in [5.74, 6) is 0.339. The van der Waals surface area contributed by atoms with Crippen LogP contribution in [0.15, 0.2) is 48.5 Å². The Morgan fingerprint density at radius 2 is 1.82 bits per heavy atom. The molecule has 0 atom stereocenters. The number of Topliss-reactive ketones (excluding diaryl/α,β-unsaturated/α-hetero) is 1. The van der Waals surface area contributed by atoms with Gasteiger partial charge in [-0.25, -0.2) is 0 Å².